The summed E-state index contributed by atoms with van der Waals surface area (Å²) >= 11 is 0. The minimum absolute atomic E-state index is 0.367. The second-order valence-corrected chi connectivity index (χ2v) is 6.84. The molecule has 0 aromatic heterocycles. The number of nitrogens with zero attached hydrogens (tertiary/aromatic N) is 1. The molecule has 4 heteroatoms. The van der Waals surface area contributed by atoms with E-state index in [4.69, 9.17) is 4.74 Å². The first-order valence-corrected chi connectivity index (χ1v) is 8.26. The molecule has 0 aliphatic carbocycles. The van der Waals surface area contributed by atoms with Crippen molar-refractivity contribution >= 4 is 11.8 Å². The van der Waals surface area contributed by atoms with Gasteiger partial charge in [0.15, 0.2) is 0 Å². The fraction of sp³-hybridized carbons (Fsp3) is 0.778. The normalized spacial score (nSPS) is 13.6. The van der Waals surface area contributed by atoms with Crippen molar-refractivity contribution in [1.29, 1.82) is 0 Å². The van der Waals surface area contributed by atoms with Crippen molar-refractivity contribution in [3.63, 3.8) is 0 Å². The Labute approximate surface area is 136 Å². The van der Waals surface area contributed by atoms with E-state index in [-0.39, 0.29) is 6.09 Å². The number of aliphatic imine (C=N–C) groups is 1. The summed E-state index contributed by atoms with van der Waals surface area (Å²) < 4.78 is 5.21. The highest BCUT2D eigenvalue weighted by atomic mass is 16.6. The summed E-state index contributed by atoms with van der Waals surface area (Å²) in [5.74, 6) is 0.471. The van der Waals surface area contributed by atoms with Gasteiger partial charge in [-0.3, -0.25) is 4.99 Å². The number of nitrogens with one attached hydrogen (secondary N) is 1. The highest BCUT2D eigenvalue weighted by Crippen LogP contribution is 2.20. The first-order valence-electron chi connectivity index (χ1n) is 8.26. The van der Waals surface area contributed by atoms with Gasteiger partial charge in [0.1, 0.15) is 5.60 Å². The summed E-state index contributed by atoms with van der Waals surface area (Å²) in [5, 5.41) is 2.78. The van der Waals surface area contributed by atoms with Crippen molar-refractivity contribution in [2.45, 2.75) is 72.3 Å². The average Bonchev–Trinajstić information content (AvgIpc) is 2.40. The fourth-order valence-electron chi connectivity index (χ4n) is 2.20. The van der Waals surface area contributed by atoms with E-state index in [1.807, 2.05) is 27.8 Å². The molecule has 0 saturated heterocycles. The number of carbonyl (C=O) groups excluding carboxylic acids is 1. The third-order valence-corrected chi connectivity index (χ3v) is 3.53. The SMILES string of the molecule is C=C(CCNC(=O)OC(C)(C)C)CC(CCCC)C(C)=NC. The first kappa shape index (κ1) is 20.7. The second kappa shape index (κ2) is 10.4. The van der Waals surface area contributed by atoms with E-state index in [0.717, 1.165) is 24.8 Å². The number of carbonyl (C=O) groups is 1. The Hall–Kier alpha value is -1.32. The Morgan fingerprint density at radius 1 is 1.36 bits per heavy atom. The van der Waals surface area contributed by atoms with Gasteiger partial charge in [-0.1, -0.05) is 31.9 Å². The summed E-state index contributed by atoms with van der Waals surface area (Å²) in [6.45, 7) is 14.6. The molecule has 1 atom stereocenters. The molecule has 1 N–H and O–H groups in total. The van der Waals surface area contributed by atoms with Crippen LogP contribution in [0.15, 0.2) is 17.1 Å². The van der Waals surface area contributed by atoms with Crippen LogP contribution >= 0.6 is 0 Å². The van der Waals surface area contributed by atoms with Gasteiger partial charge in [-0.05, 0) is 47.0 Å². The molecule has 1 amide bonds. The molecular weight excluding hydrogens is 276 g/mol. The highest BCUT2D eigenvalue weighted by Gasteiger charge is 2.16. The maximum Gasteiger partial charge on any atom is 0.407 e. The molecule has 0 heterocycles. The number of ether oxygens (including phenoxy) is 1. The van der Waals surface area contributed by atoms with E-state index in [1.54, 1.807) is 0 Å². The van der Waals surface area contributed by atoms with Crippen molar-refractivity contribution in [2.24, 2.45) is 10.9 Å². The number of alkyl carbamates (subject to hydrolysis) is 1. The van der Waals surface area contributed by atoms with Crippen molar-refractivity contribution in [3.05, 3.63) is 12.2 Å². The number of rotatable bonds is 9. The van der Waals surface area contributed by atoms with Gasteiger partial charge in [0.2, 0.25) is 0 Å². The number of hydrogen-bond acceptors (Lipinski definition) is 3. The maximum atomic E-state index is 11.6. The van der Waals surface area contributed by atoms with Crippen LogP contribution in [0.5, 0.6) is 0 Å². The fourth-order valence-corrected chi connectivity index (χ4v) is 2.20. The summed E-state index contributed by atoms with van der Waals surface area (Å²) in [6, 6.07) is 0. The molecule has 4 nitrogen and oxygen atoms in total. The molecule has 0 rings (SSSR count). The predicted octanol–water partition coefficient (Wildman–Crippen LogP) is 4.74. The Kier molecular flexibility index (Phi) is 9.79. The Bertz CT molecular complexity index is 381. The van der Waals surface area contributed by atoms with Crippen LogP contribution in [0.2, 0.25) is 0 Å². The highest BCUT2D eigenvalue weighted by molar-refractivity contribution is 5.84. The molecule has 1 unspecified atom stereocenters. The quantitative estimate of drug-likeness (QED) is 0.494. The zero-order valence-corrected chi connectivity index (χ0v) is 15.3. The predicted molar refractivity (Wildman–Crippen MR) is 94.7 cm³/mol. The van der Waals surface area contributed by atoms with Crippen LogP contribution in [-0.2, 0) is 4.74 Å². The molecule has 0 saturated carbocycles. The molecule has 128 valence electrons. The maximum absolute atomic E-state index is 11.6. The summed E-state index contributed by atoms with van der Waals surface area (Å²) in [5.41, 5.74) is 1.89. The zero-order chi connectivity index (χ0) is 17.2. The molecule has 0 radical (unpaired) electrons. The van der Waals surface area contributed by atoms with Gasteiger partial charge in [-0.2, -0.15) is 0 Å². The van der Waals surface area contributed by atoms with E-state index in [1.165, 1.54) is 18.6 Å². The van der Waals surface area contributed by atoms with Gasteiger partial charge in [-0.25, -0.2) is 4.79 Å². The van der Waals surface area contributed by atoms with Crippen LogP contribution in [-0.4, -0.2) is 31.0 Å². The molecule has 0 bridgehead atoms. The first-order chi connectivity index (χ1) is 10.2. The van der Waals surface area contributed by atoms with Gasteiger partial charge >= 0.3 is 6.09 Å². The van der Waals surface area contributed by atoms with Gasteiger partial charge in [-0.15, -0.1) is 0 Å². The minimum Gasteiger partial charge on any atom is -0.444 e. The number of unbranched alkanes of at least 4 members (excludes halogenated alkanes) is 1. The number of hydrogen-bond donors (Lipinski definition) is 1. The largest absolute Gasteiger partial charge is 0.444 e. The average molecular weight is 310 g/mol. The van der Waals surface area contributed by atoms with Gasteiger partial charge in [0.25, 0.3) is 0 Å². The van der Waals surface area contributed by atoms with Crippen LogP contribution in [0, 0.1) is 5.92 Å². The van der Waals surface area contributed by atoms with Crippen LogP contribution in [0.1, 0.15) is 66.7 Å². The molecule has 0 fully saturated rings. The van der Waals surface area contributed by atoms with Crippen LogP contribution in [0.25, 0.3) is 0 Å². The van der Waals surface area contributed by atoms with Crippen LogP contribution < -0.4 is 5.32 Å². The van der Waals surface area contributed by atoms with Gasteiger partial charge < -0.3 is 10.1 Å². The standard InChI is InChI=1S/C18H34N2O2/c1-8-9-10-16(15(3)19-7)13-14(2)11-12-20-17(21)22-18(4,5)6/h16H,2,8-13H2,1,3-7H3,(H,20,21). The zero-order valence-electron chi connectivity index (χ0n) is 15.3. The minimum atomic E-state index is -0.457. The molecule has 22 heavy (non-hydrogen) atoms. The lowest BCUT2D eigenvalue weighted by molar-refractivity contribution is 0.0528. The van der Waals surface area contributed by atoms with Crippen molar-refractivity contribution < 1.29 is 9.53 Å². The van der Waals surface area contributed by atoms with E-state index < -0.39 is 5.60 Å². The molecule has 0 aromatic rings. The molecule has 0 aliphatic heterocycles. The molecule has 0 spiro atoms. The summed E-state index contributed by atoms with van der Waals surface area (Å²) in [7, 11) is 1.85. The lowest BCUT2D eigenvalue weighted by Crippen LogP contribution is -2.33. The van der Waals surface area contributed by atoms with Crippen molar-refractivity contribution in [1.82, 2.24) is 5.32 Å². The Morgan fingerprint density at radius 2 is 2.00 bits per heavy atom. The monoisotopic (exact) mass is 310 g/mol. The van der Waals surface area contributed by atoms with Crippen LogP contribution in [0.4, 0.5) is 4.79 Å². The van der Waals surface area contributed by atoms with E-state index in [2.05, 4.69) is 30.7 Å². The van der Waals surface area contributed by atoms with Crippen molar-refractivity contribution in [2.75, 3.05) is 13.6 Å². The summed E-state index contributed by atoms with van der Waals surface area (Å²) in [4.78, 5) is 15.9. The van der Waals surface area contributed by atoms with E-state index >= 15 is 0 Å². The summed E-state index contributed by atoms with van der Waals surface area (Å²) in [6.07, 6.45) is 4.91. The van der Waals surface area contributed by atoms with Gasteiger partial charge in [0, 0.05) is 25.2 Å². The van der Waals surface area contributed by atoms with Gasteiger partial charge in [0.05, 0.1) is 0 Å². The smallest absolute Gasteiger partial charge is 0.407 e. The topological polar surface area (TPSA) is 50.7 Å². The lowest BCUT2D eigenvalue weighted by atomic mass is 9.90. The third-order valence-electron chi connectivity index (χ3n) is 3.53. The molecular formula is C18H34N2O2. The second-order valence-electron chi connectivity index (χ2n) is 6.84. The van der Waals surface area contributed by atoms with E-state index in [0.29, 0.717) is 12.5 Å². The Balaban J connectivity index is 4.17. The molecule has 0 aliphatic rings. The Morgan fingerprint density at radius 3 is 2.50 bits per heavy atom. The number of amides is 1. The van der Waals surface area contributed by atoms with Crippen molar-refractivity contribution in [3.8, 4) is 0 Å². The third kappa shape index (κ3) is 10.4. The molecule has 0 aromatic carbocycles. The van der Waals surface area contributed by atoms with Crippen LogP contribution in [0.3, 0.4) is 0 Å². The lowest BCUT2D eigenvalue weighted by Gasteiger charge is -2.20. The van der Waals surface area contributed by atoms with E-state index in [9.17, 15) is 4.79 Å².